The van der Waals surface area contributed by atoms with Gasteiger partial charge < -0.3 is 20.1 Å². The fourth-order valence-corrected chi connectivity index (χ4v) is 2.87. The zero-order valence-electron chi connectivity index (χ0n) is 14.4. The fourth-order valence-electron chi connectivity index (χ4n) is 2.87. The highest BCUT2D eigenvalue weighted by molar-refractivity contribution is 5.89. The van der Waals surface area contributed by atoms with Gasteiger partial charge in [-0.05, 0) is 17.2 Å². The number of benzene rings is 2. The monoisotopic (exact) mass is 352 g/mol. The highest BCUT2D eigenvalue weighted by Crippen LogP contribution is 2.28. The molecule has 6 heteroatoms. The average molecular weight is 352 g/mol. The second kappa shape index (κ2) is 7.74. The van der Waals surface area contributed by atoms with E-state index in [1.54, 1.807) is 6.20 Å². The molecule has 1 unspecified atom stereocenters. The molecule has 1 heterocycles. The first kappa shape index (κ1) is 17.5. The van der Waals surface area contributed by atoms with Crippen LogP contribution in [0, 0.1) is 0 Å². The zero-order valence-corrected chi connectivity index (χ0v) is 14.4. The van der Waals surface area contributed by atoms with Gasteiger partial charge in [0.25, 0.3) is 0 Å². The predicted octanol–water partition coefficient (Wildman–Crippen LogP) is 2.88. The van der Waals surface area contributed by atoms with Gasteiger partial charge in [-0.2, -0.15) is 0 Å². The van der Waals surface area contributed by atoms with Gasteiger partial charge in [-0.3, -0.25) is 4.79 Å². The summed E-state index contributed by atoms with van der Waals surface area (Å²) in [5.41, 5.74) is 2.68. The maximum Gasteiger partial charge on any atom is 0.326 e. The predicted molar refractivity (Wildman–Crippen MR) is 98.0 cm³/mol. The van der Waals surface area contributed by atoms with E-state index in [0.29, 0.717) is 12.4 Å². The Morgan fingerprint density at radius 1 is 1.15 bits per heavy atom. The van der Waals surface area contributed by atoms with Crippen LogP contribution in [0.5, 0.6) is 5.75 Å². The van der Waals surface area contributed by atoms with Crippen molar-refractivity contribution in [2.45, 2.75) is 26.0 Å². The number of aromatic nitrogens is 1. The van der Waals surface area contributed by atoms with Crippen LogP contribution in [0.25, 0.3) is 10.9 Å². The van der Waals surface area contributed by atoms with Crippen molar-refractivity contribution >= 4 is 22.8 Å². The standard InChI is InChI=1S/C20H20N2O4/c1-13(23)22-17(20(24)25)10-15-11-21-19-16(15)8-5-9-18(19)26-12-14-6-3-2-4-7-14/h2-9,11,17,21H,10,12H2,1H3,(H,22,23)(H,24,25). The largest absolute Gasteiger partial charge is 0.487 e. The van der Waals surface area contributed by atoms with Gasteiger partial charge >= 0.3 is 5.97 Å². The Morgan fingerprint density at radius 3 is 2.62 bits per heavy atom. The van der Waals surface area contributed by atoms with E-state index in [9.17, 15) is 14.7 Å². The van der Waals surface area contributed by atoms with Gasteiger partial charge in [-0.15, -0.1) is 0 Å². The Bertz CT molecular complexity index is 918. The Hall–Kier alpha value is -3.28. The number of carboxylic acids is 1. The second-order valence-electron chi connectivity index (χ2n) is 6.06. The number of carbonyl (C=O) groups is 2. The van der Waals surface area contributed by atoms with Crippen LogP contribution in [0.4, 0.5) is 0 Å². The number of amides is 1. The van der Waals surface area contributed by atoms with Crippen LogP contribution in [-0.2, 0) is 22.6 Å². The molecule has 0 spiro atoms. The summed E-state index contributed by atoms with van der Waals surface area (Å²) in [5.74, 6) is -0.737. The van der Waals surface area contributed by atoms with Crippen molar-refractivity contribution in [2.24, 2.45) is 0 Å². The van der Waals surface area contributed by atoms with Crippen molar-refractivity contribution < 1.29 is 19.4 Å². The van der Waals surface area contributed by atoms with E-state index < -0.39 is 12.0 Å². The van der Waals surface area contributed by atoms with E-state index in [1.165, 1.54) is 6.92 Å². The lowest BCUT2D eigenvalue weighted by molar-refractivity contribution is -0.141. The third-order valence-electron chi connectivity index (χ3n) is 4.10. The first-order valence-corrected chi connectivity index (χ1v) is 8.30. The topological polar surface area (TPSA) is 91.4 Å². The molecule has 0 aliphatic carbocycles. The van der Waals surface area contributed by atoms with E-state index in [2.05, 4.69) is 10.3 Å². The maximum absolute atomic E-state index is 11.4. The summed E-state index contributed by atoms with van der Waals surface area (Å²) in [6.45, 7) is 1.75. The molecular weight excluding hydrogens is 332 g/mol. The minimum Gasteiger partial charge on any atom is -0.487 e. The summed E-state index contributed by atoms with van der Waals surface area (Å²) in [7, 11) is 0. The van der Waals surface area contributed by atoms with Crippen molar-refractivity contribution in [1.29, 1.82) is 0 Å². The summed E-state index contributed by atoms with van der Waals surface area (Å²) in [6.07, 6.45) is 1.95. The Kier molecular flexibility index (Phi) is 5.22. The number of rotatable bonds is 7. The van der Waals surface area contributed by atoms with Gasteiger partial charge in [-0.25, -0.2) is 4.79 Å². The van der Waals surface area contributed by atoms with Crippen molar-refractivity contribution in [3.05, 3.63) is 65.9 Å². The molecule has 0 saturated carbocycles. The van der Waals surface area contributed by atoms with Crippen LogP contribution in [0.2, 0.25) is 0 Å². The Balaban J connectivity index is 1.81. The van der Waals surface area contributed by atoms with Crippen molar-refractivity contribution in [3.8, 4) is 5.75 Å². The van der Waals surface area contributed by atoms with E-state index in [4.69, 9.17) is 4.74 Å². The van der Waals surface area contributed by atoms with Gasteiger partial charge in [0.05, 0.1) is 5.52 Å². The van der Waals surface area contributed by atoms with Gasteiger partial charge in [-0.1, -0.05) is 42.5 Å². The number of aliphatic carboxylic acids is 1. The number of ether oxygens (including phenoxy) is 1. The van der Waals surface area contributed by atoms with Gasteiger partial charge in [0.15, 0.2) is 0 Å². The normalized spacial score (nSPS) is 11.9. The van der Waals surface area contributed by atoms with Crippen molar-refractivity contribution in [1.82, 2.24) is 10.3 Å². The van der Waals surface area contributed by atoms with Crippen LogP contribution in [-0.4, -0.2) is 28.0 Å². The number of fused-ring (bicyclic) bond motifs is 1. The van der Waals surface area contributed by atoms with E-state index >= 15 is 0 Å². The molecule has 3 rings (SSSR count). The molecule has 1 aromatic heterocycles. The van der Waals surface area contributed by atoms with Crippen molar-refractivity contribution in [3.63, 3.8) is 0 Å². The number of para-hydroxylation sites is 1. The molecule has 134 valence electrons. The lowest BCUT2D eigenvalue weighted by Gasteiger charge is -2.12. The molecule has 0 saturated heterocycles. The van der Waals surface area contributed by atoms with E-state index in [-0.39, 0.29) is 12.3 Å². The highest BCUT2D eigenvalue weighted by atomic mass is 16.5. The summed E-state index contributed by atoms with van der Waals surface area (Å²) >= 11 is 0. The summed E-state index contributed by atoms with van der Waals surface area (Å²) in [6, 6.07) is 14.5. The number of hydrogen-bond acceptors (Lipinski definition) is 3. The lowest BCUT2D eigenvalue weighted by Crippen LogP contribution is -2.41. The van der Waals surface area contributed by atoms with Crippen LogP contribution in [0.1, 0.15) is 18.1 Å². The van der Waals surface area contributed by atoms with Gasteiger partial charge in [0, 0.05) is 24.9 Å². The SMILES string of the molecule is CC(=O)NC(Cc1c[nH]c2c(OCc3ccccc3)cccc12)C(=O)O. The first-order chi connectivity index (χ1) is 12.5. The van der Waals surface area contributed by atoms with Crippen LogP contribution < -0.4 is 10.1 Å². The molecule has 3 N–H and O–H groups in total. The molecule has 6 nitrogen and oxygen atoms in total. The molecule has 0 bridgehead atoms. The molecule has 2 aromatic carbocycles. The smallest absolute Gasteiger partial charge is 0.326 e. The minimum absolute atomic E-state index is 0.192. The molecule has 0 radical (unpaired) electrons. The molecule has 0 aliphatic heterocycles. The molecule has 1 amide bonds. The van der Waals surface area contributed by atoms with E-state index in [0.717, 1.165) is 22.0 Å². The summed E-state index contributed by atoms with van der Waals surface area (Å²) in [5, 5.41) is 12.6. The number of carbonyl (C=O) groups excluding carboxylic acids is 1. The highest BCUT2D eigenvalue weighted by Gasteiger charge is 2.21. The number of aromatic amines is 1. The Morgan fingerprint density at radius 2 is 1.92 bits per heavy atom. The number of carboxylic acid groups (broad SMARTS) is 1. The van der Waals surface area contributed by atoms with Crippen LogP contribution in [0.3, 0.4) is 0 Å². The minimum atomic E-state index is -1.06. The quantitative estimate of drug-likeness (QED) is 0.610. The third-order valence-corrected chi connectivity index (χ3v) is 4.10. The number of hydrogen-bond donors (Lipinski definition) is 3. The second-order valence-corrected chi connectivity index (χ2v) is 6.06. The van der Waals surface area contributed by atoms with Crippen LogP contribution in [0.15, 0.2) is 54.7 Å². The maximum atomic E-state index is 11.4. The Labute approximate surface area is 150 Å². The van der Waals surface area contributed by atoms with E-state index in [1.807, 2.05) is 48.5 Å². The molecule has 0 fully saturated rings. The molecule has 0 aliphatic rings. The number of nitrogens with one attached hydrogen (secondary N) is 2. The van der Waals surface area contributed by atoms with Gasteiger partial charge in [0.1, 0.15) is 18.4 Å². The zero-order chi connectivity index (χ0) is 18.5. The van der Waals surface area contributed by atoms with Crippen LogP contribution >= 0.6 is 0 Å². The van der Waals surface area contributed by atoms with Gasteiger partial charge in [0.2, 0.25) is 5.91 Å². The lowest BCUT2D eigenvalue weighted by atomic mass is 10.0. The molecule has 1 atom stereocenters. The molecule has 3 aromatic rings. The average Bonchev–Trinajstić information content (AvgIpc) is 3.03. The third kappa shape index (κ3) is 4.03. The fraction of sp³-hybridized carbons (Fsp3) is 0.200. The molecular formula is C20H20N2O4. The molecule has 26 heavy (non-hydrogen) atoms. The summed E-state index contributed by atoms with van der Waals surface area (Å²) in [4.78, 5) is 25.8. The van der Waals surface area contributed by atoms with Crippen molar-refractivity contribution in [2.75, 3.05) is 0 Å². The first-order valence-electron chi connectivity index (χ1n) is 8.30. The summed E-state index contributed by atoms with van der Waals surface area (Å²) < 4.78 is 5.92. The number of H-pyrrole nitrogens is 1.